The minimum absolute atomic E-state index is 0.138. The number of oxime groups is 1. The number of nitrogens with two attached hydrogens (primary N) is 1. The highest BCUT2D eigenvalue weighted by Gasteiger charge is 2.04. The molecule has 0 aliphatic rings. The predicted octanol–water partition coefficient (Wildman–Crippen LogP) is 2.16. The van der Waals surface area contributed by atoms with Crippen LogP contribution in [0.5, 0.6) is 0 Å². The monoisotopic (exact) mass is 242 g/mol. The minimum Gasteiger partial charge on any atom is -0.409 e. The van der Waals surface area contributed by atoms with E-state index in [1.54, 1.807) is 0 Å². The quantitative estimate of drug-likeness (QED) is 0.343. The summed E-state index contributed by atoms with van der Waals surface area (Å²) in [5.41, 5.74) is 8.35. The molecule has 1 rings (SSSR count). The van der Waals surface area contributed by atoms with Crippen LogP contribution in [0.3, 0.4) is 0 Å². The fourth-order valence-electron chi connectivity index (χ4n) is 1.15. The lowest BCUT2D eigenvalue weighted by Crippen LogP contribution is -2.13. The highest BCUT2D eigenvalue weighted by molar-refractivity contribution is 9.10. The fraction of sp³-hybridized carbons (Fsp3) is 0.222. The van der Waals surface area contributed by atoms with E-state index in [4.69, 9.17) is 10.9 Å². The van der Waals surface area contributed by atoms with Crippen LogP contribution in [-0.2, 0) is 0 Å². The van der Waals surface area contributed by atoms with Crippen molar-refractivity contribution in [1.82, 2.24) is 0 Å². The molecular weight excluding hydrogens is 232 g/mol. The number of aryl methyl sites for hydroxylation is 2. The maximum absolute atomic E-state index is 8.49. The number of benzene rings is 1. The second-order valence-corrected chi connectivity index (χ2v) is 3.70. The topological polar surface area (TPSA) is 58.6 Å². The van der Waals surface area contributed by atoms with Gasteiger partial charge in [0.1, 0.15) is 0 Å². The zero-order valence-corrected chi connectivity index (χ0v) is 9.09. The fourth-order valence-corrected chi connectivity index (χ4v) is 1.38. The van der Waals surface area contributed by atoms with Crippen LogP contribution in [0, 0.1) is 13.8 Å². The molecule has 0 heterocycles. The van der Waals surface area contributed by atoms with Crippen LogP contribution in [0.15, 0.2) is 21.8 Å². The summed E-state index contributed by atoms with van der Waals surface area (Å²) in [6.07, 6.45) is 0. The SMILES string of the molecule is Cc1cc(/C(N)=N/O)cc(C)c1Br. The van der Waals surface area contributed by atoms with Crippen molar-refractivity contribution in [3.8, 4) is 0 Å². The van der Waals surface area contributed by atoms with Crippen LogP contribution in [0.2, 0.25) is 0 Å². The standard InChI is InChI=1S/C9H11BrN2O/c1-5-3-7(9(11)12-13)4-6(2)8(5)10/h3-4,13H,1-2H3,(H2,11,12). The smallest absolute Gasteiger partial charge is 0.170 e. The van der Waals surface area contributed by atoms with Gasteiger partial charge in [0.25, 0.3) is 0 Å². The molecule has 1 aromatic carbocycles. The summed E-state index contributed by atoms with van der Waals surface area (Å²) in [6, 6.07) is 3.73. The van der Waals surface area contributed by atoms with Crippen molar-refractivity contribution in [1.29, 1.82) is 0 Å². The van der Waals surface area contributed by atoms with Crippen molar-refractivity contribution < 1.29 is 5.21 Å². The van der Waals surface area contributed by atoms with Gasteiger partial charge in [-0.05, 0) is 37.1 Å². The normalized spacial score (nSPS) is 11.8. The molecule has 0 unspecified atom stereocenters. The van der Waals surface area contributed by atoms with Crippen LogP contribution in [0.25, 0.3) is 0 Å². The molecule has 0 fully saturated rings. The molecule has 70 valence electrons. The van der Waals surface area contributed by atoms with Gasteiger partial charge in [-0.15, -0.1) is 0 Å². The first-order chi connectivity index (χ1) is 6.06. The Labute approximate surface area is 85.4 Å². The van der Waals surface area contributed by atoms with Crippen molar-refractivity contribution >= 4 is 21.8 Å². The van der Waals surface area contributed by atoms with Gasteiger partial charge in [-0.25, -0.2) is 0 Å². The second kappa shape index (κ2) is 3.79. The first-order valence-electron chi connectivity index (χ1n) is 3.81. The molecule has 0 atom stereocenters. The summed E-state index contributed by atoms with van der Waals surface area (Å²) in [4.78, 5) is 0. The van der Waals surface area contributed by atoms with Gasteiger partial charge in [-0.3, -0.25) is 0 Å². The Morgan fingerprint density at radius 2 is 1.85 bits per heavy atom. The van der Waals surface area contributed by atoms with Crippen molar-refractivity contribution in [2.45, 2.75) is 13.8 Å². The van der Waals surface area contributed by atoms with Gasteiger partial charge in [-0.2, -0.15) is 0 Å². The third-order valence-electron chi connectivity index (χ3n) is 1.84. The Balaban J connectivity index is 3.29. The number of hydrogen-bond acceptors (Lipinski definition) is 2. The third kappa shape index (κ3) is 2.01. The number of nitrogens with zero attached hydrogens (tertiary/aromatic N) is 1. The molecular formula is C9H11BrN2O. The summed E-state index contributed by atoms with van der Waals surface area (Å²) >= 11 is 3.44. The first-order valence-corrected chi connectivity index (χ1v) is 4.60. The highest BCUT2D eigenvalue weighted by Crippen LogP contribution is 2.22. The van der Waals surface area contributed by atoms with E-state index in [1.807, 2.05) is 26.0 Å². The molecule has 13 heavy (non-hydrogen) atoms. The largest absolute Gasteiger partial charge is 0.409 e. The molecule has 0 radical (unpaired) electrons. The Bertz CT molecular complexity index is 338. The van der Waals surface area contributed by atoms with Gasteiger partial charge >= 0.3 is 0 Å². The summed E-state index contributed by atoms with van der Waals surface area (Å²) < 4.78 is 1.06. The molecule has 0 aromatic heterocycles. The lowest BCUT2D eigenvalue weighted by Gasteiger charge is -2.06. The van der Waals surface area contributed by atoms with E-state index in [-0.39, 0.29) is 5.84 Å². The molecule has 0 aliphatic carbocycles. The first kappa shape index (κ1) is 10.1. The zero-order chi connectivity index (χ0) is 10.0. The molecule has 0 saturated carbocycles. The summed E-state index contributed by atoms with van der Waals surface area (Å²) in [6.45, 7) is 3.93. The van der Waals surface area contributed by atoms with Gasteiger partial charge in [0.05, 0.1) is 0 Å². The van der Waals surface area contributed by atoms with E-state index in [1.165, 1.54) is 0 Å². The average Bonchev–Trinajstić information content (AvgIpc) is 2.12. The third-order valence-corrected chi connectivity index (χ3v) is 3.09. The molecule has 3 N–H and O–H groups in total. The summed E-state index contributed by atoms with van der Waals surface area (Å²) in [5, 5.41) is 11.4. The van der Waals surface area contributed by atoms with Gasteiger partial charge < -0.3 is 10.9 Å². The molecule has 0 amide bonds. The van der Waals surface area contributed by atoms with Gasteiger partial charge in [0.2, 0.25) is 0 Å². The highest BCUT2D eigenvalue weighted by atomic mass is 79.9. The number of halogens is 1. The van der Waals surface area contributed by atoms with Crippen LogP contribution in [0.4, 0.5) is 0 Å². The van der Waals surface area contributed by atoms with E-state index in [0.29, 0.717) is 0 Å². The summed E-state index contributed by atoms with van der Waals surface area (Å²) in [5.74, 6) is 0.138. The number of rotatable bonds is 1. The molecule has 1 aromatic rings. The van der Waals surface area contributed by atoms with Gasteiger partial charge in [-0.1, -0.05) is 21.1 Å². The Morgan fingerprint density at radius 3 is 2.23 bits per heavy atom. The Kier molecular flexibility index (Phi) is 2.93. The van der Waals surface area contributed by atoms with Crippen molar-refractivity contribution in [2.24, 2.45) is 10.9 Å². The average molecular weight is 243 g/mol. The molecule has 3 nitrogen and oxygen atoms in total. The van der Waals surface area contributed by atoms with Crippen molar-refractivity contribution in [2.75, 3.05) is 0 Å². The zero-order valence-electron chi connectivity index (χ0n) is 7.50. The maximum Gasteiger partial charge on any atom is 0.170 e. The Morgan fingerprint density at radius 1 is 1.38 bits per heavy atom. The van der Waals surface area contributed by atoms with Crippen LogP contribution in [0.1, 0.15) is 16.7 Å². The second-order valence-electron chi connectivity index (χ2n) is 2.91. The van der Waals surface area contributed by atoms with Crippen LogP contribution in [-0.4, -0.2) is 11.0 Å². The van der Waals surface area contributed by atoms with Gasteiger partial charge in [0.15, 0.2) is 5.84 Å². The van der Waals surface area contributed by atoms with E-state index < -0.39 is 0 Å². The van der Waals surface area contributed by atoms with E-state index in [0.717, 1.165) is 21.2 Å². The van der Waals surface area contributed by atoms with E-state index >= 15 is 0 Å². The molecule has 4 heteroatoms. The minimum atomic E-state index is 0.138. The number of amidine groups is 1. The molecule has 0 aliphatic heterocycles. The molecule has 0 bridgehead atoms. The summed E-state index contributed by atoms with van der Waals surface area (Å²) in [7, 11) is 0. The molecule has 0 saturated heterocycles. The van der Waals surface area contributed by atoms with Gasteiger partial charge in [0, 0.05) is 10.0 Å². The number of hydrogen-bond donors (Lipinski definition) is 2. The van der Waals surface area contributed by atoms with Crippen molar-refractivity contribution in [3.05, 3.63) is 33.3 Å². The lowest BCUT2D eigenvalue weighted by molar-refractivity contribution is 0.318. The Hall–Kier alpha value is -1.03. The predicted molar refractivity (Wildman–Crippen MR) is 56.1 cm³/mol. The van der Waals surface area contributed by atoms with Crippen LogP contribution < -0.4 is 5.73 Å². The van der Waals surface area contributed by atoms with Crippen LogP contribution >= 0.6 is 15.9 Å². The van der Waals surface area contributed by atoms with Crippen molar-refractivity contribution in [3.63, 3.8) is 0 Å². The van der Waals surface area contributed by atoms with E-state index in [2.05, 4.69) is 21.1 Å². The molecule has 0 spiro atoms. The lowest BCUT2D eigenvalue weighted by atomic mass is 10.1. The van der Waals surface area contributed by atoms with E-state index in [9.17, 15) is 0 Å². The maximum atomic E-state index is 8.49.